The van der Waals surface area contributed by atoms with Crippen molar-refractivity contribution in [3.63, 3.8) is 0 Å². The van der Waals surface area contributed by atoms with Crippen LogP contribution in [0.5, 0.6) is 0 Å². The van der Waals surface area contributed by atoms with E-state index in [4.69, 9.17) is 22.1 Å². The van der Waals surface area contributed by atoms with Gasteiger partial charge in [-0.05, 0) is 72.9 Å². The minimum absolute atomic E-state index is 0.0516. The van der Waals surface area contributed by atoms with Crippen LogP contribution >= 0.6 is 11.6 Å². The fraction of sp³-hybridized carbons (Fsp3) is 0.480. The van der Waals surface area contributed by atoms with Gasteiger partial charge in [0.05, 0.1) is 23.8 Å². The lowest BCUT2D eigenvalue weighted by atomic mass is 9.76. The monoisotopic (exact) mass is 487 g/mol. The third-order valence-corrected chi connectivity index (χ3v) is 8.33. The topological polar surface area (TPSA) is 85.5 Å². The number of carbonyl (C=O) groups is 2. The molecule has 6 nitrogen and oxygen atoms in total. The van der Waals surface area contributed by atoms with Crippen molar-refractivity contribution in [2.24, 2.45) is 17.6 Å². The zero-order valence-corrected chi connectivity index (χ0v) is 19.1. The summed E-state index contributed by atoms with van der Waals surface area (Å²) in [5.41, 5.74) is 6.33. The van der Waals surface area contributed by atoms with Gasteiger partial charge in [0.1, 0.15) is 23.4 Å². The number of piperidine rings is 1. The molecule has 0 spiro atoms. The van der Waals surface area contributed by atoms with E-state index in [9.17, 15) is 14.0 Å². The average Bonchev–Trinajstić information content (AvgIpc) is 3.70. The summed E-state index contributed by atoms with van der Waals surface area (Å²) in [7, 11) is 0. The van der Waals surface area contributed by atoms with E-state index in [1.165, 1.54) is 4.90 Å². The Morgan fingerprint density at radius 3 is 2.62 bits per heavy atom. The first-order valence-corrected chi connectivity index (χ1v) is 12.0. The zero-order valence-electron chi connectivity index (χ0n) is 18.3. The molecule has 0 radical (unpaired) electrons. The summed E-state index contributed by atoms with van der Waals surface area (Å²) < 4.78 is 35.1. The predicted octanol–water partition coefficient (Wildman–Crippen LogP) is 3.78. The van der Waals surface area contributed by atoms with Crippen LogP contribution in [0, 0.1) is 23.5 Å². The van der Waals surface area contributed by atoms with Crippen LogP contribution in [-0.4, -0.2) is 46.5 Å². The smallest absolute Gasteiger partial charge is 0.273 e. The number of aromatic nitrogens is 1. The van der Waals surface area contributed by atoms with Gasteiger partial charge in [-0.2, -0.15) is 0 Å². The summed E-state index contributed by atoms with van der Waals surface area (Å²) in [6.45, 7) is 0.725. The van der Waals surface area contributed by atoms with Crippen molar-refractivity contribution in [2.75, 3.05) is 13.2 Å². The molecule has 4 fully saturated rings. The summed E-state index contributed by atoms with van der Waals surface area (Å²) in [5, 5.41) is -0.301. The van der Waals surface area contributed by atoms with E-state index in [-0.39, 0.29) is 28.1 Å². The van der Waals surface area contributed by atoms with Crippen LogP contribution in [0.25, 0.3) is 0 Å². The van der Waals surface area contributed by atoms with E-state index in [1.54, 1.807) is 12.3 Å². The number of ether oxygens (including phenoxy) is 1. The Morgan fingerprint density at radius 2 is 1.97 bits per heavy atom. The molecule has 1 aromatic carbocycles. The molecular weight excluding hydrogens is 464 g/mol. The van der Waals surface area contributed by atoms with E-state index in [0.29, 0.717) is 32.0 Å². The van der Waals surface area contributed by atoms with Gasteiger partial charge in [-0.15, -0.1) is 0 Å². The number of amides is 2. The van der Waals surface area contributed by atoms with Crippen LogP contribution in [0.2, 0.25) is 5.02 Å². The molecule has 4 aliphatic rings. The van der Waals surface area contributed by atoms with Crippen molar-refractivity contribution < 1.29 is 23.1 Å². The van der Waals surface area contributed by atoms with E-state index >= 15 is 4.39 Å². The number of hydrogen-bond acceptors (Lipinski definition) is 4. The molecule has 1 aromatic heterocycles. The molecule has 2 aliphatic heterocycles. The predicted molar refractivity (Wildman–Crippen MR) is 119 cm³/mol. The molecule has 9 heteroatoms. The van der Waals surface area contributed by atoms with Gasteiger partial charge in [-0.1, -0.05) is 11.6 Å². The van der Waals surface area contributed by atoms with E-state index in [1.807, 2.05) is 6.07 Å². The fourth-order valence-corrected chi connectivity index (χ4v) is 6.35. The maximum Gasteiger partial charge on any atom is 0.273 e. The first-order chi connectivity index (χ1) is 16.3. The number of benzene rings is 1. The zero-order chi connectivity index (χ0) is 23.8. The second kappa shape index (κ2) is 7.71. The summed E-state index contributed by atoms with van der Waals surface area (Å²) in [4.78, 5) is 32.2. The third-order valence-electron chi connectivity index (χ3n) is 8.04. The van der Waals surface area contributed by atoms with Crippen LogP contribution in [0.1, 0.15) is 59.1 Å². The van der Waals surface area contributed by atoms with Crippen LogP contribution < -0.4 is 5.73 Å². The van der Waals surface area contributed by atoms with Crippen LogP contribution in [0.4, 0.5) is 8.78 Å². The Hall–Kier alpha value is -2.58. The van der Waals surface area contributed by atoms with Crippen molar-refractivity contribution >= 4 is 23.4 Å². The van der Waals surface area contributed by atoms with Gasteiger partial charge in [0.25, 0.3) is 5.91 Å². The van der Waals surface area contributed by atoms with Crippen molar-refractivity contribution in [1.29, 1.82) is 0 Å². The van der Waals surface area contributed by atoms with Crippen molar-refractivity contribution in [3.05, 3.63) is 63.9 Å². The number of pyridine rings is 1. The second-order valence-electron chi connectivity index (χ2n) is 10.0. The number of fused-ring (bicyclic) bond motifs is 1. The molecule has 2 aromatic rings. The average molecular weight is 488 g/mol. The summed E-state index contributed by atoms with van der Waals surface area (Å²) in [6.07, 6.45) is 4.73. The molecule has 6 rings (SSSR count). The number of nitrogens with zero attached hydrogens (tertiary/aromatic N) is 2. The maximum absolute atomic E-state index is 15.2. The summed E-state index contributed by atoms with van der Waals surface area (Å²) >= 11 is 5.82. The van der Waals surface area contributed by atoms with E-state index in [2.05, 4.69) is 4.98 Å². The molecule has 2 amide bonds. The third kappa shape index (κ3) is 3.26. The van der Waals surface area contributed by atoms with Gasteiger partial charge in [0.2, 0.25) is 5.91 Å². The highest BCUT2D eigenvalue weighted by Gasteiger charge is 2.72. The standard InChI is InChI=1S/C25H24ClF2N3O3/c26-17-8-18(27)16(7-19(17)28)22(14-10-34-11-14)25-9-15(25)6-21(23(29)32)31(25)24(33)20-5-13(3-4-30-20)12-1-2-12/h3-5,7-8,12,14-15,21-22H,1-2,6,9-11H2,(H2,29,32)/t15?,21?,22-,25?/m1/s1. The number of halogens is 3. The number of rotatable bonds is 6. The minimum Gasteiger partial charge on any atom is -0.381 e. The summed E-state index contributed by atoms with van der Waals surface area (Å²) in [6, 6.07) is 4.95. The first-order valence-electron chi connectivity index (χ1n) is 11.6. The fourth-order valence-electron chi connectivity index (χ4n) is 6.20. The lowest BCUT2D eigenvalue weighted by Gasteiger charge is -2.44. The highest BCUT2D eigenvalue weighted by atomic mass is 35.5. The highest BCUT2D eigenvalue weighted by Crippen LogP contribution is 2.67. The number of hydrogen-bond donors (Lipinski definition) is 1. The van der Waals surface area contributed by atoms with Gasteiger partial charge in [0, 0.05) is 18.0 Å². The van der Waals surface area contributed by atoms with E-state index < -0.39 is 40.9 Å². The van der Waals surface area contributed by atoms with Crippen LogP contribution in [-0.2, 0) is 9.53 Å². The molecule has 2 N–H and O–H groups in total. The highest BCUT2D eigenvalue weighted by molar-refractivity contribution is 6.30. The Kier molecular flexibility index (Phi) is 4.97. The summed E-state index contributed by atoms with van der Waals surface area (Å²) in [5.74, 6) is -2.68. The maximum atomic E-state index is 15.2. The van der Waals surface area contributed by atoms with Gasteiger partial charge in [-0.25, -0.2) is 8.78 Å². The first kappa shape index (κ1) is 21.9. The van der Waals surface area contributed by atoms with Crippen LogP contribution in [0.3, 0.4) is 0 Å². The van der Waals surface area contributed by atoms with Gasteiger partial charge in [-0.3, -0.25) is 14.6 Å². The molecule has 34 heavy (non-hydrogen) atoms. The SMILES string of the molecule is NC(=O)C1CC2CC2([C@@H](c2cc(F)c(Cl)cc2F)C2COC2)N1C(=O)c1cc(C2CC2)ccn1. The Balaban J connectivity index is 1.45. The Morgan fingerprint density at radius 1 is 1.21 bits per heavy atom. The van der Waals surface area contributed by atoms with Gasteiger partial charge < -0.3 is 15.4 Å². The molecular formula is C25H24ClF2N3O3. The van der Waals surface area contributed by atoms with Gasteiger partial charge in [0.15, 0.2) is 0 Å². The molecule has 2 saturated heterocycles. The lowest BCUT2D eigenvalue weighted by Crippen LogP contribution is -2.55. The van der Waals surface area contributed by atoms with Crippen molar-refractivity contribution in [1.82, 2.24) is 9.88 Å². The van der Waals surface area contributed by atoms with Gasteiger partial charge >= 0.3 is 0 Å². The van der Waals surface area contributed by atoms with E-state index in [0.717, 1.165) is 30.5 Å². The normalized spacial score (nSPS) is 28.9. The molecule has 0 bridgehead atoms. The van der Waals surface area contributed by atoms with Crippen molar-refractivity contribution in [2.45, 2.75) is 49.1 Å². The second-order valence-corrected chi connectivity index (χ2v) is 10.4. The molecule has 4 atom stereocenters. The molecule has 2 saturated carbocycles. The quantitative estimate of drug-likeness (QED) is 0.628. The molecule has 2 aliphatic carbocycles. The number of nitrogens with two attached hydrogens (primary N) is 1. The van der Waals surface area contributed by atoms with Crippen LogP contribution in [0.15, 0.2) is 30.5 Å². The Bertz CT molecular complexity index is 1200. The number of carbonyl (C=O) groups excluding carboxylic acids is 2. The van der Waals surface area contributed by atoms with Crippen molar-refractivity contribution in [3.8, 4) is 0 Å². The molecule has 178 valence electrons. The number of likely N-dealkylation sites (tertiary alicyclic amines) is 1. The number of primary amides is 1. The largest absolute Gasteiger partial charge is 0.381 e. The Labute approximate surface area is 200 Å². The lowest BCUT2D eigenvalue weighted by molar-refractivity contribution is -0.123. The molecule has 3 unspecified atom stereocenters. The molecule has 3 heterocycles. The minimum atomic E-state index is -0.858.